The number of carbonyl (C=O) groups is 3. The molecule has 0 aliphatic heterocycles. The van der Waals surface area contributed by atoms with Crippen LogP contribution < -0.4 is 10.6 Å². The van der Waals surface area contributed by atoms with E-state index in [9.17, 15) is 19.5 Å². The number of carbonyl (C=O) groups excluding carboxylic acids is 2. The van der Waals surface area contributed by atoms with Crippen LogP contribution in [0.4, 0.5) is 0 Å². The maximum Gasteiger partial charge on any atom is 0.330 e. The quantitative estimate of drug-likeness (QED) is 0.645. The molecule has 0 aromatic heterocycles. The summed E-state index contributed by atoms with van der Waals surface area (Å²) in [4.78, 5) is 34.9. The summed E-state index contributed by atoms with van der Waals surface area (Å²) >= 11 is 0. The summed E-state index contributed by atoms with van der Waals surface area (Å²) in [6, 6.07) is 4.37. The summed E-state index contributed by atoms with van der Waals surface area (Å²) in [5, 5.41) is 14.7. The van der Waals surface area contributed by atoms with Crippen molar-refractivity contribution in [2.24, 2.45) is 0 Å². The molecule has 6 heteroatoms. The largest absolute Gasteiger partial charge is 0.479 e. The molecule has 132 valence electrons. The van der Waals surface area contributed by atoms with Crippen LogP contribution in [-0.4, -0.2) is 29.4 Å². The first-order valence-corrected chi connectivity index (χ1v) is 8.20. The van der Waals surface area contributed by atoms with Gasteiger partial charge in [-0.3, -0.25) is 9.59 Å². The molecule has 0 fully saturated rings. The van der Waals surface area contributed by atoms with Crippen LogP contribution in [0.1, 0.15) is 55.3 Å². The lowest BCUT2D eigenvalue weighted by Crippen LogP contribution is -2.34. The smallest absolute Gasteiger partial charge is 0.330 e. The minimum absolute atomic E-state index is 0.0891. The average Bonchev–Trinajstić information content (AvgIpc) is 2.49. The van der Waals surface area contributed by atoms with Crippen LogP contribution in [0, 0.1) is 13.8 Å². The zero-order valence-electron chi connectivity index (χ0n) is 14.5. The highest BCUT2D eigenvalue weighted by Crippen LogP contribution is 2.18. The highest BCUT2D eigenvalue weighted by Gasteiger charge is 2.22. The molecule has 3 N–H and O–H groups in total. The molecule has 24 heavy (non-hydrogen) atoms. The van der Waals surface area contributed by atoms with Gasteiger partial charge in [0, 0.05) is 19.4 Å². The second-order valence-electron chi connectivity index (χ2n) is 5.96. The summed E-state index contributed by atoms with van der Waals surface area (Å²) in [5.41, 5.74) is 2.44. The number of aliphatic carboxylic acids is 1. The number of amides is 2. The van der Waals surface area contributed by atoms with E-state index in [1.807, 2.05) is 26.8 Å². The Balaban J connectivity index is 2.58. The van der Waals surface area contributed by atoms with Crippen LogP contribution in [0.25, 0.3) is 0 Å². The SMILES string of the molecule is CCCNC(=O)CCCC(=O)NC(C(=O)O)c1cc(C)cc(C)c1. The van der Waals surface area contributed by atoms with Crippen molar-refractivity contribution in [2.45, 2.75) is 52.5 Å². The second kappa shape index (κ2) is 9.70. The zero-order chi connectivity index (χ0) is 18.1. The van der Waals surface area contributed by atoms with Gasteiger partial charge >= 0.3 is 5.97 Å². The van der Waals surface area contributed by atoms with E-state index in [4.69, 9.17) is 0 Å². The molecule has 1 atom stereocenters. The zero-order valence-corrected chi connectivity index (χ0v) is 14.5. The molecular formula is C18H26N2O4. The number of aryl methyl sites for hydroxylation is 2. The predicted molar refractivity (Wildman–Crippen MR) is 91.6 cm³/mol. The maximum absolute atomic E-state index is 12.0. The number of hydrogen-bond acceptors (Lipinski definition) is 3. The molecule has 0 radical (unpaired) electrons. The Hall–Kier alpha value is -2.37. The number of rotatable bonds is 9. The monoisotopic (exact) mass is 334 g/mol. The standard InChI is InChI=1S/C18H26N2O4/c1-4-8-19-15(21)6-5-7-16(22)20-17(18(23)24)14-10-12(2)9-13(3)11-14/h9-11,17H,4-8H2,1-3H3,(H,19,21)(H,20,22)(H,23,24). The Kier molecular flexibility index (Phi) is 7.95. The van der Waals surface area contributed by atoms with Crippen molar-refractivity contribution in [2.75, 3.05) is 6.54 Å². The van der Waals surface area contributed by atoms with Crippen molar-refractivity contribution < 1.29 is 19.5 Å². The molecule has 0 saturated heterocycles. The third kappa shape index (κ3) is 6.81. The number of hydrogen-bond donors (Lipinski definition) is 3. The van der Waals surface area contributed by atoms with Crippen LogP contribution >= 0.6 is 0 Å². The molecule has 0 spiro atoms. The Morgan fingerprint density at radius 1 is 1.04 bits per heavy atom. The van der Waals surface area contributed by atoms with Gasteiger partial charge in [0.25, 0.3) is 0 Å². The number of nitrogens with one attached hydrogen (secondary N) is 2. The number of benzene rings is 1. The normalized spacial score (nSPS) is 11.6. The van der Waals surface area contributed by atoms with E-state index in [-0.39, 0.29) is 24.7 Å². The van der Waals surface area contributed by atoms with Gasteiger partial charge in [0.1, 0.15) is 0 Å². The first kappa shape index (κ1) is 19.7. The highest BCUT2D eigenvalue weighted by molar-refractivity contribution is 5.85. The van der Waals surface area contributed by atoms with Crippen molar-refractivity contribution >= 4 is 17.8 Å². The molecule has 1 rings (SSSR count). The van der Waals surface area contributed by atoms with Gasteiger partial charge < -0.3 is 15.7 Å². The molecule has 0 heterocycles. The van der Waals surface area contributed by atoms with Crippen LogP contribution in [0.15, 0.2) is 18.2 Å². The lowest BCUT2D eigenvalue weighted by molar-refractivity contribution is -0.142. The van der Waals surface area contributed by atoms with Crippen molar-refractivity contribution in [1.29, 1.82) is 0 Å². The van der Waals surface area contributed by atoms with Gasteiger partial charge in [0.05, 0.1) is 0 Å². The van der Waals surface area contributed by atoms with Gasteiger partial charge in [-0.25, -0.2) is 4.79 Å². The minimum Gasteiger partial charge on any atom is -0.479 e. The molecule has 1 aromatic carbocycles. The fourth-order valence-corrected chi connectivity index (χ4v) is 2.46. The maximum atomic E-state index is 12.0. The molecule has 0 bridgehead atoms. The summed E-state index contributed by atoms with van der Waals surface area (Å²) in [6.07, 6.45) is 1.63. The third-order valence-electron chi connectivity index (χ3n) is 3.51. The topological polar surface area (TPSA) is 95.5 Å². The van der Waals surface area contributed by atoms with E-state index in [0.717, 1.165) is 17.5 Å². The van der Waals surface area contributed by atoms with E-state index in [1.165, 1.54) is 0 Å². The van der Waals surface area contributed by atoms with Crippen LogP contribution in [0.3, 0.4) is 0 Å². The van der Waals surface area contributed by atoms with Gasteiger partial charge in [0.15, 0.2) is 6.04 Å². The highest BCUT2D eigenvalue weighted by atomic mass is 16.4. The van der Waals surface area contributed by atoms with Gasteiger partial charge in [-0.1, -0.05) is 36.2 Å². The van der Waals surface area contributed by atoms with Crippen molar-refractivity contribution in [1.82, 2.24) is 10.6 Å². The van der Waals surface area contributed by atoms with E-state index in [1.54, 1.807) is 12.1 Å². The minimum atomic E-state index is -1.10. The van der Waals surface area contributed by atoms with Crippen molar-refractivity contribution in [3.8, 4) is 0 Å². The molecule has 1 aromatic rings. The van der Waals surface area contributed by atoms with E-state index >= 15 is 0 Å². The average molecular weight is 334 g/mol. The Morgan fingerprint density at radius 3 is 2.17 bits per heavy atom. The van der Waals surface area contributed by atoms with Gasteiger partial charge in [-0.05, 0) is 32.3 Å². The lowest BCUT2D eigenvalue weighted by atomic mass is 10.0. The lowest BCUT2D eigenvalue weighted by Gasteiger charge is -2.16. The molecule has 0 saturated carbocycles. The van der Waals surface area contributed by atoms with E-state index in [2.05, 4.69) is 10.6 Å². The summed E-state index contributed by atoms with van der Waals surface area (Å²) in [6.45, 7) is 6.35. The molecule has 1 unspecified atom stereocenters. The molecular weight excluding hydrogens is 308 g/mol. The Bertz CT molecular complexity index is 578. The fourth-order valence-electron chi connectivity index (χ4n) is 2.46. The van der Waals surface area contributed by atoms with Gasteiger partial charge in [0.2, 0.25) is 11.8 Å². The molecule has 6 nitrogen and oxygen atoms in total. The van der Waals surface area contributed by atoms with Crippen molar-refractivity contribution in [3.05, 3.63) is 34.9 Å². The Morgan fingerprint density at radius 2 is 1.62 bits per heavy atom. The fraction of sp³-hybridized carbons (Fsp3) is 0.500. The van der Waals surface area contributed by atoms with E-state index < -0.39 is 12.0 Å². The first-order chi connectivity index (χ1) is 11.3. The molecule has 2 amide bonds. The summed E-state index contributed by atoms with van der Waals surface area (Å²) < 4.78 is 0. The summed E-state index contributed by atoms with van der Waals surface area (Å²) in [7, 11) is 0. The predicted octanol–water partition coefficient (Wildman–Crippen LogP) is 2.24. The van der Waals surface area contributed by atoms with Crippen molar-refractivity contribution in [3.63, 3.8) is 0 Å². The van der Waals surface area contributed by atoms with Crippen LogP contribution in [0.5, 0.6) is 0 Å². The third-order valence-corrected chi connectivity index (χ3v) is 3.51. The Labute approximate surface area is 142 Å². The summed E-state index contributed by atoms with van der Waals surface area (Å²) in [5.74, 6) is -1.56. The van der Waals surface area contributed by atoms with E-state index in [0.29, 0.717) is 18.5 Å². The van der Waals surface area contributed by atoms with Gasteiger partial charge in [-0.2, -0.15) is 0 Å². The number of carboxylic acid groups (broad SMARTS) is 1. The van der Waals surface area contributed by atoms with Gasteiger partial charge in [-0.15, -0.1) is 0 Å². The molecule has 0 aliphatic carbocycles. The number of carboxylic acids is 1. The van der Waals surface area contributed by atoms with Crippen LogP contribution in [-0.2, 0) is 14.4 Å². The molecule has 0 aliphatic rings. The second-order valence-corrected chi connectivity index (χ2v) is 5.96. The first-order valence-electron chi connectivity index (χ1n) is 8.20. The van der Waals surface area contributed by atoms with Crippen LogP contribution in [0.2, 0.25) is 0 Å².